The Morgan fingerprint density at radius 3 is 2.41 bits per heavy atom. The monoisotopic (exact) mass is 677 g/mol. The van der Waals surface area contributed by atoms with E-state index in [0.29, 0.717) is 5.84 Å². The molecule has 0 bridgehead atoms. The molecule has 0 aliphatic heterocycles. The smallest absolute Gasteiger partial charge is 0.152 e. The minimum Gasteiger partial charge on any atom is -0.460 e. The fraction of sp³-hybridized carbons (Fsp3) is 0.0667. The Bertz CT molecular complexity index is 2870. The summed E-state index contributed by atoms with van der Waals surface area (Å²) in [5, 5.41) is 5.80. The van der Waals surface area contributed by atoms with Crippen LogP contribution in [-0.2, 0) is 0 Å². The van der Waals surface area contributed by atoms with Crippen LogP contribution in [0.3, 0.4) is 0 Å². The van der Waals surface area contributed by atoms with Gasteiger partial charge in [0.15, 0.2) is 6.17 Å². The fourth-order valence-corrected chi connectivity index (χ4v) is 8.69. The molecule has 0 spiro atoms. The maximum absolute atomic E-state index is 6.80. The number of para-hydroxylation sites is 1. The highest BCUT2D eigenvalue weighted by Crippen LogP contribution is 2.44. The summed E-state index contributed by atoms with van der Waals surface area (Å²) >= 11 is 1.85. The van der Waals surface area contributed by atoms with Crippen molar-refractivity contribution in [2.24, 2.45) is 15.7 Å². The summed E-state index contributed by atoms with van der Waals surface area (Å²) in [6.07, 6.45) is 6.47. The number of benzene rings is 6. The Labute approximate surface area is 297 Å². The Balaban J connectivity index is 1.06. The van der Waals surface area contributed by atoms with E-state index in [1.54, 1.807) is 0 Å². The molecule has 1 aliphatic rings. The largest absolute Gasteiger partial charge is 0.460 e. The van der Waals surface area contributed by atoms with Crippen LogP contribution in [0.1, 0.15) is 34.8 Å². The first-order valence-electron chi connectivity index (χ1n) is 17.1. The van der Waals surface area contributed by atoms with Gasteiger partial charge in [0.05, 0.1) is 5.92 Å². The molecule has 6 aromatic carbocycles. The first-order chi connectivity index (χ1) is 25.2. The molecule has 10 rings (SSSR count). The molecular weight excluding hydrogens is 647 g/mol. The second-order valence-corrected chi connectivity index (χ2v) is 14.1. The maximum Gasteiger partial charge on any atom is 0.152 e. The number of nitrogens with two attached hydrogens (primary N) is 1. The van der Waals surface area contributed by atoms with E-state index in [1.807, 2.05) is 78.2 Å². The number of allylic oxidation sites excluding steroid dienone is 1. The third-order valence-electron chi connectivity index (χ3n) is 9.96. The molecule has 244 valence electrons. The lowest BCUT2D eigenvalue weighted by Gasteiger charge is -2.22. The van der Waals surface area contributed by atoms with Gasteiger partial charge in [-0.15, -0.1) is 11.3 Å². The number of furan rings is 2. The molecule has 0 saturated heterocycles. The lowest BCUT2D eigenvalue weighted by atomic mass is 9.89. The SMILES string of the molecule is NC(=NC(N=Cc1ccccc1)C1CC=Cc2c1oc1ccc(-c3cccc4c3sc3ccccc34)cc21)c1ccc2c(c1)oc1ccccc12. The average molecular weight is 678 g/mol. The van der Waals surface area contributed by atoms with Gasteiger partial charge in [0, 0.05) is 53.7 Å². The number of aliphatic imine (C=N–C) groups is 2. The van der Waals surface area contributed by atoms with Crippen LogP contribution in [0.15, 0.2) is 158 Å². The number of hydrogen-bond acceptors (Lipinski definition) is 5. The van der Waals surface area contributed by atoms with E-state index in [9.17, 15) is 0 Å². The molecule has 6 heteroatoms. The van der Waals surface area contributed by atoms with Gasteiger partial charge < -0.3 is 14.6 Å². The van der Waals surface area contributed by atoms with Gasteiger partial charge in [-0.2, -0.15) is 0 Å². The molecule has 0 radical (unpaired) electrons. The normalized spacial score (nSPS) is 15.5. The van der Waals surface area contributed by atoms with Gasteiger partial charge in [0.2, 0.25) is 0 Å². The highest BCUT2D eigenvalue weighted by Gasteiger charge is 2.31. The topological polar surface area (TPSA) is 77.0 Å². The van der Waals surface area contributed by atoms with E-state index in [2.05, 4.69) is 84.9 Å². The van der Waals surface area contributed by atoms with Crippen LogP contribution in [0, 0.1) is 0 Å². The summed E-state index contributed by atoms with van der Waals surface area (Å²) in [6, 6.07) is 46.0. The maximum atomic E-state index is 6.80. The summed E-state index contributed by atoms with van der Waals surface area (Å²) in [7, 11) is 0. The molecule has 3 heterocycles. The van der Waals surface area contributed by atoms with Crippen LogP contribution < -0.4 is 5.73 Å². The van der Waals surface area contributed by atoms with Crippen molar-refractivity contribution in [2.75, 3.05) is 0 Å². The lowest BCUT2D eigenvalue weighted by Crippen LogP contribution is -2.23. The number of fused-ring (bicyclic) bond motifs is 9. The standard InChI is InChI=1S/C45H31N3O2S/c46-44(29-20-22-32-31-12-4-6-18-38(31)49-40(32)25-29)48-45(47-26-27-10-2-1-3-11-27)36-17-9-15-34-37-24-28(21-23-39(37)50-42(34)36)30-14-8-16-35-33-13-5-7-19-41(33)51-43(30)35/h1-16,18-26,36,45H,17H2,(H2,46,48). The minimum absolute atomic E-state index is 0.152. The van der Waals surface area contributed by atoms with Gasteiger partial charge >= 0.3 is 0 Å². The van der Waals surface area contributed by atoms with Crippen molar-refractivity contribution in [3.8, 4) is 11.1 Å². The Morgan fingerprint density at radius 2 is 1.49 bits per heavy atom. The Hall–Kier alpha value is -6.24. The molecule has 0 amide bonds. The van der Waals surface area contributed by atoms with Gasteiger partial charge in [-0.1, -0.05) is 109 Å². The van der Waals surface area contributed by atoms with Gasteiger partial charge in [-0.25, -0.2) is 4.99 Å². The van der Waals surface area contributed by atoms with E-state index >= 15 is 0 Å². The minimum atomic E-state index is -0.521. The summed E-state index contributed by atoms with van der Waals surface area (Å²) < 4.78 is 15.5. The first-order valence-corrected chi connectivity index (χ1v) is 18.0. The molecule has 2 atom stereocenters. The molecule has 1 aliphatic carbocycles. The Kier molecular flexibility index (Phi) is 6.96. The highest BCUT2D eigenvalue weighted by atomic mass is 32.1. The predicted molar refractivity (Wildman–Crippen MR) is 213 cm³/mol. The zero-order valence-electron chi connectivity index (χ0n) is 27.5. The Morgan fingerprint density at radius 1 is 0.706 bits per heavy atom. The van der Waals surface area contributed by atoms with Crippen molar-refractivity contribution >= 4 is 82.5 Å². The lowest BCUT2D eigenvalue weighted by molar-refractivity contribution is 0.440. The van der Waals surface area contributed by atoms with E-state index in [4.69, 9.17) is 24.6 Å². The summed E-state index contributed by atoms with van der Waals surface area (Å²) in [4.78, 5) is 10.2. The van der Waals surface area contributed by atoms with Crippen LogP contribution in [0.25, 0.3) is 70.3 Å². The van der Waals surface area contributed by atoms with Crippen LogP contribution in [0.5, 0.6) is 0 Å². The highest BCUT2D eigenvalue weighted by molar-refractivity contribution is 7.26. The molecule has 9 aromatic rings. The van der Waals surface area contributed by atoms with Crippen molar-refractivity contribution in [2.45, 2.75) is 18.5 Å². The molecule has 2 N–H and O–H groups in total. The van der Waals surface area contributed by atoms with E-state index in [-0.39, 0.29) is 5.92 Å². The molecule has 5 nitrogen and oxygen atoms in total. The molecule has 3 aromatic heterocycles. The molecule has 0 saturated carbocycles. The predicted octanol–water partition coefficient (Wildman–Crippen LogP) is 11.7. The number of nitrogens with zero attached hydrogens (tertiary/aromatic N) is 2. The second kappa shape index (κ2) is 12.0. The van der Waals surface area contributed by atoms with Crippen molar-refractivity contribution in [3.63, 3.8) is 0 Å². The van der Waals surface area contributed by atoms with E-state index in [1.165, 1.54) is 31.3 Å². The quantitative estimate of drug-likeness (QED) is 0.141. The van der Waals surface area contributed by atoms with E-state index < -0.39 is 6.17 Å². The van der Waals surface area contributed by atoms with Crippen LogP contribution >= 0.6 is 11.3 Å². The molecule has 2 unspecified atom stereocenters. The number of rotatable bonds is 6. The van der Waals surface area contributed by atoms with Crippen molar-refractivity contribution in [3.05, 3.63) is 162 Å². The molecular formula is C45H31N3O2S. The number of hydrogen-bond donors (Lipinski definition) is 1. The van der Waals surface area contributed by atoms with Gasteiger partial charge in [0.1, 0.15) is 28.3 Å². The zero-order valence-corrected chi connectivity index (χ0v) is 28.3. The second-order valence-electron chi connectivity index (χ2n) is 13.0. The summed E-state index contributed by atoms with van der Waals surface area (Å²) in [6.45, 7) is 0. The van der Waals surface area contributed by atoms with Crippen LogP contribution in [-0.4, -0.2) is 18.2 Å². The molecule has 51 heavy (non-hydrogen) atoms. The summed E-state index contributed by atoms with van der Waals surface area (Å²) in [5.74, 6) is 1.13. The van der Waals surface area contributed by atoms with Gasteiger partial charge in [-0.05, 0) is 59.5 Å². The number of amidine groups is 1. The zero-order chi connectivity index (χ0) is 33.9. The van der Waals surface area contributed by atoms with Gasteiger partial charge in [-0.3, -0.25) is 4.99 Å². The van der Waals surface area contributed by atoms with Crippen LogP contribution in [0.4, 0.5) is 0 Å². The molecule has 0 fully saturated rings. The fourth-order valence-electron chi connectivity index (χ4n) is 7.45. The third-order valence-corrected chi connectivity index (χ3v) is 11.2. The summed E-state index contributed by atoms with van der Waals surface area (Å²) in [5.41, 5.74) is 14.5. The average Bonchev–Trinajstić information content (AvgIpc) is 3.87. The van der Waals surface area contributed by atoms with Crippen molar-refractivity contribution < 1.29 is 8.83 Å². The first kappa shape index (κ1) is 29.7. The van der Waals surface area contributed by atoms with Gasteiger partial charge in [0.25, 0.3) is 0 Å². The van der Waals surface area contributed by atoms with Crippen molar-refractivity contribution in [1.82, 2.24) is 0 Å². The third kappa shape index (κ3) is 5.06. The van der Waals surface area contributed by atoms with Crippen molar-refractivity contribution in [1.29, 1.82) is 0 Å². The number of thiophene rings is 1. The van der Waals surface area contributed by atoms with Crippen LogP contribution in [0.2, 0.25) is 0 Å². The van der Waals surface area contributed by atoms with E-state index in [0.717, 1.165) is 61.8 Å².